The van der Waals surface area contributed by atoms with Crippen molar-refractivity contribution in [2.75, 3.05) is 44.7 Å². The predicted octanol–water partition coefficient (Wildman–Crippen LogP) is 5.55. The Labute approximate surface area is 227 Å². The van der Waals surface area contributed by atoms with Gasteiger partial charge in [0.2, 0.25) is 5.95 Å². The monoisotopic (exact) mass is 583 g/mol. The van der Waals surface area contributed by atoms with Crippen molar-refractivity contribution in [2.45, 2.75) is 19.9 Å². The van der Waals surface area contributed by atoms with E-state index >= 15 is 0 Å². The van der Waals surface area contributed by atoms with Gasteiger partial charge in [-0.1, -0.05) is 15.5 Å². The van der Waals surface area contributed by atoms with Crippen molar-refractivity contribution in [1.29, 1.82) is 0 Å². The van der Waals surface area contributed by atoms with Gasteiger partial charge in [-0.05, 0) is 68.6 Å². The molecule has 4 rings (SSSR count). The molecule has 0 unspecified atom stereocenters. The van der Waals surface area contributed by atoms with E-state index < -0.39 is 18.7 Å². The third-order valence-corrected chi connectivity index (χ3v) is 6.94. The molecular formula is C24H28ClFN5O5PS. The molecule has 2 aromatic carbocycles. The Hall–Kier alpha value is -2.92. The molecule has 0 radical (unpaired) electrons. The summed E-state index contributed by atoms with van der Waals surface area (Å²) >= 11 is 6.41. The molecule has 1 aliphatic rings. The van der Waals surface area contributed by atoms with E-state index in [9.17, 15) is 12.3 Å². The van der Waals surface area contributed by atoms with Crippen LogP contribution in [0.2, 0.25) is 5.02 Å². The van der Waals surface area contributed by atoms with Gasteiger partial charge < -0.3 is 29.0 Å². The molecule has 0 amide bonds. The number of fused-ring (bicyclic) bond motifs is 1. The summed E-state index contributed by atoms with van der Waals surface area (Å²) in [6.07, 6.45) is 2.39. The number of halogens is 2. The molecule has 0 saturated heterocycles. The maximum atomic E-state index is 13.1. The number of rotatable bonds is 9. The minimum atomic E-state index is -5.20. The first-order valence-corrected chi connectivity index (χ1v) is 15.3. The zero-order chi connectivity index (χ0) is 27.6. The lowest BCUT2D eigenvalue weighted by molar-refractivity contribution is 0.312. The minimum Gasteiger partial charge on any atom is -0.495 e. The van der Waals surface area contributed by atoms with Gasteiger partial charge in [0, 0.05) is 19.2 Å². The molecule has 204 valence electrons. The molecule has 0 spiro atoms. The Morgan fingerprint density at radius 3 is 2.58 bits per heavy atom. The molecule has 2 heterocycles. The SMILES string of the molecule is COc1cc2c(cc1Nc1ncc(Cl)c(Nc3c(C)cc(OS(=O)(=O)F)cc3OP(C)C)n1)CN(C)CC2. The largest absolute Gasteiger partial charge is 0.495 e. The second-order valence-corrected chi connectivity index (χ2v) is 12.1. The lowest BCUT2D eigenvalue weighted by Gasteiger charge is -2.26. The summed E-state index contributed by atoms with van der Waals surface area (Å²) in [6, 6.07) is 6.72. The zero-order valence-electron chi connectivity index (χ0n) is 21.5. The van der Waals surface area contributed by atoms with E-state index in [1.165, 1.54) is 29.5 Å². The summed E-state index contributed by atoms with van der Waals surface area (Å²) in [7, 11) is -2.43. The smallest absolute Gasteiger partial charge is 0.488 e. The van der Waals surface area contributed by atoms with Gasteiger partial charge in [0.05, 0.1) is 32.8 Å². The normalized spacial score (nSPS) is 13.7. The second kappa shape index (κ2) is 11.4. The summed E-state index contributed by atoms with van der Waals surface area (Å²) in [5, 5.41) is 6.60. The number of likely N-dealkylation sites (N-methyl/N-ethyl adjacent to an activating group) is 1. The molecule has 0 saturated carbocycles. The highest BCUT2D eigenvalue weighted by molar-refractivity contribution is 7.81. The number of aryl methyl sites for hydroxylation is 1. The molecular weight excluding hydrogens is 556 g/mol. The third kappa shape index (κ3) is 6.93. The number of hydrogen-bond acceptors (Lipinski definition) is 10. The van der Waals surface area contributed by atoms with Crippen molar-refractivity contribution in [3.8, 4) is 17.2 Å². The number of methoxy groups -OCH3 is 1. The van der Waals surface area contributed by atoms with E-state index in [4.69, 9.17) is 20.9 Å². The molecule has 1 aliphatic heterocycles. The van der Waals surface area contributed by atoms with Gasteiger partial charge in [-0.25, -0.2) is 4.98 Å². The van der Waals surface area contributed by atoms with Crippen molar-refractivity contribution < 1.29 is 25.7 Å². The molecule has 10 nitrogen and oxygen atoms in total. The number of anilines is 4. The lowest BCUT2D eigenvalue weighted by Crippen LogP contribution is -2.26. The highest BCUT2D eigenvalue weighted by atomic mass is 35.5. The molecule has 1 aromatic heterocycles. The van der Waals surface area contributed by atoms with Crippen molar-refractivity contribution >= 4 is 53.4 Å². The third-order valence-electron chi connectivity index (χ3n) is 5.71. The predicted molar refractivity (Wildman–Crippen MR) is 148 cm³/mol. The maximum Gasteiger partial charge on any atom is 0.488 e. The van der Waals surface area contributed by atoms with Crippen molar-refractivity contribution in [2.24, 2.45) is 0 Å². The van der Waals surface area contributed by atoms with Crippen LogP contribution in [0, 0.1) is 6.92 Å². The molecule has 0 bridgehead atoms. The van der Waals surface area contributed by atoms with Gasteiger partial charge in [0.15, 0.2) is 11.6 Å². The fourth-order valence-corrected chi connectivity index (χ4v) is 5.06. The van der Waals surface area contributed by atoms with Crippen LogP contribution < -0.4 is 24.1 Å². The summed E-state index contributed by atoms with van der Waals surface area (Å²) in [5.74, 6) is 1.26. The standard InChI is InChI=1S/C24H28ClFN5O5PS/c1-14-8-17(36-38(26,32)33)11-21(35-37(4)5)22(14)29-23-18(25)12-27-24(30-23)28-19-9-16-13-31(2)7-6-15(16)10-20(19)34-3/h8-12H,6-7,13H2,1-5H3,(H2,27,28,29,30). The Bertz CT molecular complexity index is 1460. The summed E-state index contributed by atoms with van der Waals surface area (Å²) in [6.45, 7) is 7.21. The average molecular weight is 584 g/mol. The molecule has 14 heteroatoms. The van der Waals surface area contributed by atoms with Crippen molar-refractivity contribution in [3.63, 3.8) is 0 Å². The topological polar surface area (TPSA) is 115 Å². The van der Waals surface area contributed by atoms with E-state index in [-0.39, 0.29) is 28.3 Å². The van der Waals surface area contributed by atoms with E-state index in [1.54, 1.807) is 14.0 Å². The van der Waals surface area contributed by atoms with Gasteiger partial charge in [-0.2, -0.15) is 13.4 Å². The van der Waals surface area contributed by atoms with Crippen molar-refractivity contribution in [3.05, 3.63) is 52.2 Å². The van der Waals surface area contributed by atoms with Gasteiger partial charge >= 0.3 is 10.5 Å². The maximum absolute atomic E-state index is 13.1. The number of nitrogens with zero attached hydrogens (tertiary/aromatic N) is 3. The molecule has 0 aliphatic carbocycles. The fraction of sp³-hybridized carbons (Fsp3) is 0.333. The highest BCUT2D eigenvalue weighted by Crippen LogP contribution is 2.42. The Morgan fingerprint density at radius 1 is 1.13 bits per heavy atom. The Kier molecular flexibility index (Phi) is 8.46. The summed E-state index contributed by atoms with van der Waals surface area (Å²) < 4.78 is 51.1. The van der Waals surface area contributed by atoms with Crippen LogP contribution in [0.3, 0.4) is 0 Å². The number of hydrogen-bond donors (Lipinski definition) is 2. The molecule has 3 aromatic rings. The quantitative estimate of drug-likeness (QED) is 0.245. The first-order valence-electron chi connectivity index (χ1n) is 11.5. The fourth-order valence-electron chi connectivity index (χ4n) is 4.06. The van der Waals surface area contributed by atoms with E-state index in [2.05, 4.69) is 36.7 Å². The number of benzene rings is 2. The van der Waals surface area contributed by atoms with Crippen molar-refractivity contribution in [1.82, 2.24) is 14.9 Å². The Morgan fingerprint density at radius 2 is 1.89 bits per heavy atom. The number of ether oxygens (including phenoxy) is 1. The van der Waals surface area contributed by atoms with Gasteiger partial charge in [0.1, 0.15) is 16.5 Å². The van der Waals surface area contributed by atoms with Crippen LogP contribution in [0.1, 0.15) is 16.7 Å². The van der Waals surface area contributed by atoms with Crippen LogP contribution >= 0.6 is 19.7 Å². The van der Waals surface area contributed by atoms with Crippen LogP contribution in [0.4, 0.5) is 27.0 Å². The zero-order valence-corrected chi connectivity index (χ0v) is 24.0. The molecule has 0 fully saturated rings. The molecule has 2 N–H and O–H groups in total. The average Bonchev–Trinajstić information content (AvgIpc) is 2.81. The summed E-state index contributed by atoms with van der Waals surface area (Å²) in [4.78, 5) is 11.1. The number of nitrogens with one attached hydrogen (secondary N) is 2. The first-order chi connectivity index (χ1) is 17.9. The van der Waals surface area contributed by atoms with E-state index in [0.29, 0.717) is 22.7 Å². The molecule has 0 atom stereocenters. The van der Waals surface area contributed by atoms with Crippen LogP contribution in [-0.4, -0.2) is 57.3 Å². The highest BCUT2D eigenvalue weighted by Gasteiger charge is 2.20. The minimum absolute atomic E-state index is 0.219. The Balaban J connectivity index is 1.66. The number of aromatic nitrogens is 2. The second-order valence-electron chi connectivity index (χ2n) is 8.94. The van der Waals surface area contributed by atoms with Gasteiger partial charge in [-0.15, -0.1) is 0 Å². The van der Waals surface area contributed by atoms with Crippen LogP contribution in [-0.2, 0) is 23.5 Å². The van der Waals surface area contributed by atoms with Gasteiger partial charge in [0.25, 0.3) is 0 Å². The van der Waals surface area contributed by atoms with E-state index in [0.717, 1.165) is 19.5 Å². The van der Waals surface area contributed by atoms with E-state index in [1.807, 2.05) is 25.5 Å². The van der Waals surface area contributed by atoms with Crippen LogP contribution in [0.5, 0.6) is 17.2 Å². The first kappa shape index (κ1) is 28.1. The molecule has 38 heavy (non-hydrogen) atoms. The van der Waals surface area contributed by atoms with Crippen LogP contribution in [0.15, 0.2) is 30.5 Å². The lowest BCUT2D eigenvalue weighted by atomic mass is 9.99. The van der Waals surface area contributed by atoms with Crippen LogP contribution in [0.25, 0.3) is 0 Å². The summed E-state index contributed by atoms with van der Waals surface area (Å²) in [5.41, 5.74) is 4.13. The van der Waals surface area contributed by atoms with Gasteiger partial charge in [-0.3, -0.25) is 0 Å².